The number of hydrogen-bond donors (Lipinski definition) is 0. The maximum Gasteiger partial charge on any atom is 0.243 e. The quantitative estimate of drug-likeness (QED) is 0.145. The van der Waals surface area contributed by atoms with Gasteiger partial charge < -0.3 is 9.80 Å². The van der Waals surface area contributed by atoms with E-state index in [-0.39, 0.29) is 70.6 Å². The molecule has 3 saturated heterocycles. The van der Waals surface area contributed by atoms with Gasteiger partial charge in [-0.2, -0.15) is 12.9 Å². The smallest absolute Gasteiger partial charge is 0.243 e. The highest BCUT2D eigenvalue weighted by Crippen LogP contribution is 2.44. The number of anilines is 2. The number of para-hydroxylation sites is 1. The normalized spacial score (nSPS) is 17.7. The number of rotatable bonds is 12. The van der Waals surface area contributed by atoms with Crippen LogP contribution in [0.2, 0.25) is 0 Å². The fourth-order valence-electron chi connectivity index (χ4n) is 8.97. The third kappa shape index (κ3) is 8.83. The first kappa shape index (κ1) is 43.8. The van der Waals surface area contributed by atoms with Crippen molar-refractivity contribution in [3.05, 3.63) is 157 Å². The number of piperazine rings is 3. The summed E-state index contributed by atoms with van der Waals surface area (Å²) in [6, 6.07) is 43.5. The molecule has 0 amide bonds. The van der Waals surface area contributed by atoms with Gasteiger partial charge in [-0.25, -0.2) is 30.2 Å². The number of sulfonamides is 3. The third-order valence-electron chi connectivity index (χ3n) is 12.4. The summed E-state index contributed by atoms with van der Waals surface area (Å²) in [4.78, 5) is 10.7. The summed E-state index contributed by atoms with van der Waals surface area (Å²) in [5.41, 5.74) is 3.05. The van der Waals surface area contributed by atoms with Gasteiger partial charge in [0.2, 0.25) is 30.1 Å². The average molecular weight is 918 g/mol. The number of hydrogen-bond acceptors (Lipinski definition) is 10. The molecule has 3 fully saturated rings. The third-order valence-corrected chi connectivity index (χ3v) is 18.2. The Balaban J connectivity index is 1.11. The predicted molar refractivity (Wildman–Crippen MR) is 250 cm³/mol. The van der Waals surface area contributed by atoms with Crippen molar-refractivity contribution in [3.63, 3.8) is 0 Å². The van der Waals surface area contributed by atoms with Gasteiger partial charge in [-0.15, -0.1) is 0 Å². The van der Waals surface area contributed by atoms with Crippen molar-refractivity contribution in [2.75, 3.05) is 88.3 Å². The second-order valence-electron chi connectivity index (χ2n) is 16.1. The van der Waals surface area contributed by atoms with Gasteiger partial charge in [0, 0.05) is 114 Å². The molecule has 3 aliphatic heterocycles. The minimum absolute atomic E-state index is 0.0173. The molecule has 0 unspecified atom stereocenters. The zero-order valence-corrected chi connectivity index (χ0v) is 37.9. The van der Waals surface area contributed by atoms with Crippen LogP contribution >= 0.6 is 0 Å². The van der Waals surface area contributed by atoms with Gasteiger partial charge in [-0.1, -0.05) is 103 Å². The average Bonchev–Trinajstić information content (AvgIpc) is 3.35. The minimum atomic E-state index is -4.30. The molecule has 6 aromatic rings. The van der Waals surface area contributed by atoms with Crippen LogP contribution in [-0.2, 0) is 36.6 Å². The standard InChI is InChI=1S/C48H51N7O6S3/c56-62(57,53-32-26-50(27-33-53)38-39-14-3-1-4-15-39)44-21-9-7-18-41(44)42-20-13-23-46(64(60,61)55-36-30-52(31-37-55)47-24-11-12-25-49-47)48(42)43-19-8-10-22-45(43)63(58,59)54-34-28-51(29-35-54)40-16-5-2-6-17-40/h1-25H,26-38H2. The van der Waals surface area contributed by atoms with E-state index in [1.54, 1.807) is 60.8 Å². The number of aromatic nitrogens is 1. The number of benzene rings is 5. The zero-order valence-electron chi connectivity index (χ0n) is 35.4. The Morgan fingerprint density at radius 1 is 0.391 bits per heavy atom. The largest absolute Gasteiger partial charge is 0.369 e. The highest BCUT2D eigenvalue weighted by atomic mass is 32.2. The van der Waals surface area contributed by atoms with E-state index >= 15 is 8.42 Å². The molecule has 0 atom stereocenters. The van der Waals surface area contributed by atoms with Gasteiger partial charge in [-0.05, 0) is 53.6 Å². The van der Waals surface area contributed by atoms with Crippen LogP contribution in [0.1, 0.15) is 5.56 Å². The van der Waals surface area contributed by atoms with Crippen LogP contribution in [0.15, 0.2) is 166 Å². The summed E-state index contributed by atoms with van der Waals surface area (Å²) in [6.07, 6.45) is 1.70. The Bertz CT molecular complexity index is 2900. The van der Waals surface area contributed by atoms with Crippen molar-refractivity contribution in [2.24, 2.45) is 0 Å². The van der Waals surface area contributed by atoms with E-state index in [1.807, 2.05) is 71.6 Å². The van der Waals surface area contributed by atoms with E-state index in [0.717, 1.165) is 17.1 Å². The summed E-state index contributed by atoms with van der Waals surface area (Å²) < 4.78 is 94.0. The van der Waals surface area contributed by atoms with E-state index in [4.69, 9.17) is 0 Å². The van der Waals surface area contributed by atoms with Crippen LogP contribution in [0.5, 0.6) is 0 Å². The Kier molecular flexibility index (Phi) is 12.7. The van der Waals surface area contributed by atoms with Crippen LogP contribution in [-0.4, -0.2) is 127 Å². The fourth-order valence-corrected chi connectivity index (χ4v) is 13.9. The Labute approximate surface area is 377 Å². The summed E-state index contributed by atoms with van der Waals surface area (Å²) >= 11 is 0. The molecule has 0 bridgehead atoms. The molecule has 0 saturated carbocycles. The molecule has 4 heterocycles. The highest BCUT2D eigenvalue weighted by molar-refractivity contribution is 7.90. The molecule has 5 aromatic carbocycles. The maximum atomic E-state index is 15.1. The van der Waals surface area contributed by atoms with Gasteiger partial charge in [-0.3, -0.25) is 4.90 Å². The fraction of sp³-hybridized carbons (Fsp3) is 0.271. The molecule has 332 valence electrons. The van der Waals surface area contributed by atoms with Gasteiger partial charge in [0.05, 0.1) is 14.7 Å². The Morgan fingerprint density at radius 2 is 0.844 bits per heavy atom. The van der Waals surface area contributed by atoms with Crippen LogP contribution in [0.3, 0.4) is 0 Å². The molecule has 3 aliphatic rings. The Morgan fingerprint density at radius 3 is 1.44 bits per heavy atom. The lowest BCUT2D eigenvalue weighted by atomic mass is 9.94. The molecule has 16 heteroatoms. The van der Waals surface area contributed by atoms with Crippen molar-refractivity contribution >= 4 is 41.6 Å². The molecule has 13 nitrogen and oxygen atoms in total. The summed E-state index contributed by atoms with van der Waals surface area (Å²) in [5.74, 6) is 0.751. The minimum Gasteiger partial charge on any atom is -0.369 e. The van der Waals surface area contributed by atoms with E-state index < -0.39 is 30.1 Å². The Hall–Kier alpha value is -5.46. The summed E-state index contributed by atoms with van der Waals surface area (Å²) in [7, 11) is -12.6. The second kappa shape index (κ2) is 18.6. The SMILES string of the molecule is O=S(=O)(c1ccccc1-c1cccc(S(=O)(=O)N2CCN(c3ccccn3)CC2)c1-c1ccccc1S(=O)(=O)N1CCN(c2ccccc2)CC1)N1CCN(Cc2ccccc2)CC1. The van der Waals surface area contributed by atoms with Gasteiger partial charge in [0.1, 0.15) is 5.82 Å². The van der Waals surface area contributed by atoms with E-state index in [2.05, 4.69) is 26.9 Å². The molecule has 9 rings (SSSR count). The van der Waals surface area contributed by atoms with E-state index in [1.165, 1.54) is 25.0 Å². The lowest BCUT2D eigenvalue weighted by Crippen LogP contribution is -2.49. The monoisotopic (exact) mass is 917 g/mol. The van der Waals surface area contributed by atoms with Gasteiger partial charge in [0.15, 0.2) is 0 Å². The van der Waals surface area contributed by atoms with Crippen LogP contribution < -0.4 is 9.80 Å². The molecule has 0 spiro atoms. The first-order valence-corrected chi connectivity index (χ1v) is 25.9. The summed E-state index contributed by atoms with van der Waals surface area (Å²) in [5, 5.41) is 0. The van der Waals surface area contributed by atoms with Crippen molar-refractivity contribution in [3.8, 4) is 22.3 Å². The van der Waals surface area contributed by atoms with Gasteiger partial charge in [0.25, 0.3) is 0 Å². The van der Waals surface area contributed by atoms with Gasteiger partial charge >= 0.3 is 0 Å². The van der Waals surface area contributed by atoms with E-state index in [9.17, 15) is 16.8 Å². The van der Waals surface area contributed by atoms with Crippen molar-refractivity contribution in [1.82, 2.24) is 22.8 Å². The molecule has 0 aliphatic carbocycles. The topological polar surface area (TPSA) is 135 Å². The summed E-state index contributed by atoms with van der Waals surface area (Å²) in [6.45, 7) is 4.82. The second-order valence-corrected chi connectivity index (χ2v) is 21.9. The highest BCUT2D eigenvalue weighted by Gasteiger charge is 2.37. The van der Waals surface area contributed by atoms with Crippen LogP contribution in [0.4, 0.5) is 11.5 Å². The molecular weight excluding hydrogens is 867 g/mol. The van der Waals surface area contributed by atoms with E-state index in [0.29, 0.717) is 51.4 Å². The lowest BCUT2D eigenvalue weighted by Gasteiger charge is -2.36. The maximum absolute atomic E-state index is 15.1. The van der Waals surface area contributed by atoms with Crippen LogP contribution in [0, 0.1) is 0 Å². The molecule has 64 heavy (non-hydrogen) atoms. The molecular formula is C48H51N7O6S3. The van der Waals surface area contributed by atoms with Crippen molar-refractivity contribution in [1.29, 1.82) is 0 Å². The number of pyridine rings is 1. The first-order chi connectivity index (χ1) is 31.0. The number of nitrogens with zero attached hydrogens (tertiary/aromatic N) is 7. The lowest BCUT2D eigenvalue weighted by molar-refractivity contribution is 0.181. The zero-order chi connectivity index (χ0) is 44.3. The van der Waals surface area contributed by atoms with Crippen molar-refractivity contribution < 1.29 is 25.3 Å². The molecule has 0 N–H and O–H groups in total. The molecule has 0 radical (unpaired) electrons. The van der Waals surface area contributed by atoms with Crippen molar-refractivity contribution in [2.45, 2.75) is 21.2 Å². The molecule has 1 aromatic heterocycles. The first-order valence-electron chi connectivity index (χ1n) is 21.6. The predicted octanol–water partition coefficient (Wildman–Crippen LogP) is 5.94. The van der Waals surface area contributed by atoms with Crippen LogP contribution in [0.25, 0.3) is 22.3 Å².